The molecule has 0 aliphatic rings. The van der Waals surface area contributed by atoms with Crippen LogP contribution in [0, 0.1) is 0 Å². The van der Waals surface area contributed by atoms with Crippen molar-refractivity contribution in [1.29, 1.82) is 0 Å². The topological polar surface area (TPSA) is 117 Å². The van der Waals surface area contributed by atoms with Crippen LogP contribution in [0.3, 0.4) is 0 Å². The normalized spacial score (nSPS) is 11.4. The number of carbonyl (C=O) groups is 1. The lowest BCUT2D eigenvalue weighted by molar-refractivity contribution is -0.121. The second-order valence-corrected chi connectivity index (χ2v) is 11.5. The van der Waals surface area contributed by atoms with Crippen LogP contribution in [0.2, 0.25) is 5.02 Å². The van der Waals surface area contributed by atoms with Crippen molar-refractivity contribution in [1.82, 2.24) is 24.8 Å². The van der Waals surface area contributed by atoms with E-state index in [-0.39, 0.29) is 28.8 Å². The van der Waals surface area contributed by atoms with E-state index in [0.29, 0.717) is 23.3 Å². The third-order valence-electron chi connectivity index (χ3n) is 5.43. The van der Waals surface area contributed by atoms with Crippen molar-refractivity contribution in [3.63, 3.8) is 0 Å². The lowest BCUT2D eigenvalue weighted by Gasteiger charge is -2.23. The summed E-state index contributed by atoms with van der Waals surface area (Å²) in [4.78, 5) is 17.2. The van der Waals surface area contributed by atoms with E-state index in [1.54, 1.807) is 18.2 Å². The molecule has 1 amide bonds. The van der Waals surface area contributed by atoms with Crippen molar-refractivity contribution in [2.24, 2.45) is 0 Å². The van der Waals surface area contributed by atoms with Gasteiger partial charge in [0.15, 0.2) is 5.82 Å². The second kappa shape index (κ2) is 12.9. The maximum atomic E-state index is 13.6. The van der Waals surface area contributed by atoms with Gasteiger partial charge >= 0.3 is 0 Å². The molecular formula is C26H26ClN5O4S2. The zero-order chi connectivity index (χ0) is 27.0. The highest BCUT2D eigenvalue weighted by Crippen LogP contribution is 2.30. The van der Waals surface area contributed by atoms with Crippen molar-refractivity contribution in [3.05, 3.63) is 89.4 Å². The van der Waals surface area contributed by atoms with Gasteiger partial charge in [0.25, 0.3) is 0 Å². The molecule has 4 aromatic rings. The van der Waals surface area contributed by atoms with E-state index in [0.717, 1.165) is 15.4 Å². The molecule has 0 aliphatic carbocycles. The van der Waals surface area contributed by atoms with Crippen molar-refractivity contribution in [2.75, 3.05) is 26.0 Å². The Morgan fingerprint density at radius 3 is 2.50 bits per heavy atom. The number of nitrogens with one attached hydrogen (secondary N) is 2. The van der Waals surface area contributed by atoms with Gasteiger partial charge in [-0.15, -0.1) is 5.10 Å². The molecule has 3 aromatic carbocycles. The van der Waals surface area contributed by atoms with Gasteiger partial charge < -0.3 is 10.1 Å². The molecule has 0 saturated carbocycles. The highest BCUT2D eigenvalue weighted by Gasteiger charge is 2.30. The molecule has 0 saturated heterocycles. The summed E-state index contributed by atoms with van der Waals surface area (Å²) >= 11 is 7.47. The lowest BCUT2D eigenvalue weighted by atomic mass is 10.2. The van der Waals surface area contributed by atoms with E-state index >= 15 is 0 Å². The number of thioether (sulfide) groups is 1. The van der Waals surface area contributed by atoms with E-state index in [9.17, 15) is 13.2 Å². The van der Waals surface area contributed by atoms with Crippen LogP contribution < -0.4 is 10.1 Å². The van der Waals surface area contributed by atoms with Gasteiger partial charge in [-0.2, -0.15) is 4.31 Å². The molecule has 2 N–H and O–H groups in total. The third kappa shape index (κ3) is 7.13. The number of amides is 1. The van der Waals surface area contributed by atoms with Crippen LogP contribution in [0.5, 0.6) is 5.75 Å². The minimum Gasteiger partial charge on any atom is -0.495 e. The number of benzene rings is 3. The van der Waals surface area contributed by atoms with Gasteiger partial charge in [-0.05, 0) is 23.8 Å². The van der Waals surface area contributed by atoms with Crippen LogP contribution in [-0.2, 0) is 21.4 Å². The molecule has 1 aromatic heterocycles. The van der Waals surface area contributed by atoms with Crippen LogP contribution in [0.15, 0.2) is 88.9 Å². The first-order valence-corrected chi connectivity index (χ1v) is 14.4. The number of methoxy groups -OCH3 is 1. The number of halogens is 1. The maximum Gasteiger partial charge on any atom is 0.247 e. The molecule has 0 radical (unpaired) electrons. The smallest absolute Gasteiger partial charge is 0.247 e. The SMILES string of the molecule is COc1ccc(Cl)cc1S(=O)(=O)N(CC(=O)NCCSc1n[nH]c(-c2ccccc2)n1)Cc1ccccc1. The van der Waals surface area contributed by atoms with E-state index in [1.807, 2.05) is 48.5 Å². The van der Waals surface area contributed by atoms with Gasteiger partial charge in [0.2, 0.25) is 21.1 Å². The number of carbonyl (C=O) groups excluding carboxylic acids is 1. The molecule has 0 aliphatic heterocycles. The van der Waals surface area contributed by atoms with Gasteiger partial charge in [0.1, 0.15) is 10.6 Å². The number of hydrogen-bond acceptors (Lipinski definition) is 7. The fourth-order valence-electron chi connectivity index (χ4n) is 3.59. The first kappa shape index (κ1) is 27.6. The minimum atomic E-state index is -4.12. The molecule has 0 bridgehead atoms. The zero-order valence-corrected chi connectivity index (χ0v) is 22.9. The fraction of sp³-hybridized carbons (Fsp3) is 0.192. The summed E-state index contributed by atoms with van der Waals surface area (Å²) < 4.78 is 33.6. The molecule has 38 heavy (non-hydrogen) atoms. The average Bonchev–Trinajstić information content (AvgIpc) is 3.41. The molecule has 0 atom stereocenters. The molecule has 9 nitrogen and oxygen atoms in total. The number of nitrogens with zero attached hydrogens (tertiary/aromatic N) is 3. The van der Waals surface area contributed by atoms with Gasteiger partial charge in [0.05, 0.1) is 13.7 Å². The summed E-state index contributed by atoms with van der Waals surface area (Å²) in [6.45, 7) is -0.0741. The molecule has 198 valence electrons. The van der Waals surface area contributed by atoms with Crippen LogP contribution in [0.25, 0.3) is 11.4 Å². The van der Waals surface area contributed by atoms with Crippen molar-refractivity contribution in [2.45, 2.75) is 16.6 Å². The van der Waals surface area contributed by atoms with E-state index < -0.39 is 15.9 Å². The molecule has 1 heterocycles. The van der Waals surface area contributed by atoms with Gasteiger partial charge in [-0.1, -0.05) is 84.0 Å². The Hall–Kier alpha value is -3.38. The lowest BCUT2D eigenvalue weighted by Crippen LogP contribution is -2.41. The highest BCUT2D eigenvalue weighted by molar-refractivity contribution is 7.99. The second-order valence-electron chi connectivity index (χ2n) is 8.08. The maximum absolute atomic E-state index is 13.6. The monoisotopic (exact) mass is 571 g/mol. The molecule has 12 heteroatoms. The molecular weight excluding hydrogens is 546 g/mol. The predicted molar refractivity (Wildman–Crippen MR) is 148 cm³/mol. The van der Waals surface area contributed by atoms with E-state index in [4.69, 9.17) is 16.3 Å². The van der Waals surface area contributed by atoms with E-state index in [1.165, 1.54) is 31.0 Å². The summed E-state index contributed by atoms with van der Waals surface area (Å²) in [7, 11) is -2.74. The number of hydrogen-bond donors (Lipinski definition) is 2. The Morgan fingerprint density at radius 1 is 1.08 bits per heavy atom. The summed E-state index contributed by atoms with van der Waals surface area (Å²) in [6.07, 6.45) is 0. The molecule has 4 rings (SSSR count). The number of aromatic amines is 1. The molecule has 0 fully saturated rings. The molecule has 0 unspecified atom stereocenters. The predicted octanol–water partition coefficient (Wildman–Crippen LogP) is 4.23. The number of aromatic nitrogens is 3. The number of ether oxygens (including phenoxy) is 1. The van der Waals surface area contributed by atoms with Crippen molar-refractivity contribution < 1.29 is 17.9 Å². The Labute approximate surface area is 230 Å². The Balaban J connectivity index is 1.40. The first-order chi connectivity index (χ1) is 18.4. The fourth-order valence-corrected chi connectivity index (χ4v) is 6.04. The molecule has 0 spiro atoms. The number of H-pyrrole nitrogens is 1. The van der Waals surface area contributed by atoms with Crippen LogP contribution >= 0.6 is 23.4 Å². The van der Waals surface area contributed by atoms with Crippen molar-refractivity contribution in [3.8, 4) is 17.1 Å². The number of sulfonamides is 1. The van der Waals surface area contributed by atoms with Gasteiger partial charge in [-0.3, -0.25) is 9.89 Å². The van der Waals surface area contributed by atoms with Gasteiger partial charge in [0, 0.05) is 29.4 Å². The summed E-state index contributed by atoms with van der Waals surface area (Å²) in [5, 5.41) is 10.7. The van der Waals surface area contributed by atoms with Crippen LogP contribution in [-0.4, -0.2) is 59.8 Å². The zero-order valence-electron chi connectivity index (χ0n) is 20.5. The van der Waals surface area contributed by atoms with E-state index in [2.05, 4.69) is 20.5 Å². The van der Waals surface area contributed by atoms with Crippen molar-refractivity contribution >= 4 is 39.3 Å². The number of rotatable bonds is 12. The first-order valence-electron chi connectivity index (χ1n) is 11.6. The summed E-state index contributed by atoms with van der Waals surface area (Å²) in [5.74, 6) is 0.873. The largest absolute Gasteiger partial charge is 0.495 e. The third-order valence-corrected chi connectivity index (χ3v) is 8.33. The minimum absolute atomic E-state index is 0.000460. The van der Waals surface area contributed by atoms with Crippen LogP contribution in [0.1, 0.15) is 5.56 Å². The van der Waals surface area contributed by atoms with Crippen LogP contribution in [0.4, 0.5) is 0 Å². The average molecular weight is 572 g/mol. The Bertz CT molecular complexity index is 1470. The van der Waals surface area contributed by atoms with Gasteiger partial charge in [-0.25, -0.2) is 13.4 Å². The standard InChI is InChI=1S/C26H26ClN5O4S2/c1-36-22-13-12-21(27)16-23(22)38(34,35)32(17-19-8-4-2-5-9-19)18-24(33)28-14-15-37-26-29-25(30-31-26)20-10-6-3-7-11-20/h2-13,16H,14-15,17-18H2,1H3,(H,28,33)(H,29,30,31). The summed E-state index contributed by atoms with van der Waals surface area (Å²) in [6, 6.07) is 23.0. The quantitative estimate of drug-likeness (QED) is 0.193. The highest BCUT2D eigenvalue weighted by atomic mass is 35.5. The summed E-state index contributed by atoms with van der Waals surface area (Å²) in [5.41, 5.74) is 1.66. The Morgan fingerprint density at radius 2 is 1.79 bits per heavy atom. The Kier molecular flexibility index (Phi) is 9.40.